The molecule has 0 aliphatic heterocycles. The summed E-state index contributed by atoms with van der Waals surface area (Å²) >= 11 is 10.9. The number of carbonyl (C=O) groups excluding carboxylic acids is 3. The highest BCUT2D eigenvalue weighted by atomic mass is 35.5. The minimum absolute atomic E-state index is 0.0141. The minimum atomic E-state index is -0.475. The SMILES string of the molecule is O=C(C=Cc1ccccc1Cl)NC(=S)NNC(=O)CNC(=O)C1CCCCC1. The van der Waals surface area contributed by atoms with Gasteiger partial charge in [-0.2, -0.15) is 0 Å². The topological polar surface area (TPSA) is 99.3 Å². The van der Waals surface area contributed by atoms with Crippen LogP contribution in [0.1, 0.15) is 37.7 Å². The van der Waals surface area contributed by atoms with E-state index in [0.29, 0.717) is 10.6 Å². The summed E-state index contributed by atoms with van der Waals surface area (Å²) in [6.45, 7) is -0.161. The van der Waals surface area contributed by atoms with Crippen LogP contribution in [-0.4, -0.2) is 29.4 Å². The zero-order chi connectivity index (χ0) is 20.4. The van der Waals surface area contributed by atoms with E-state index in [-0.39, 0.29) is 23.5 Å². The lowest BCUT2D eigenvalue weighted by Gasteiger charge is -2.20. The van der Waals surface area contributed by atoms with Crippen LogP contribution >= 0.6 is 23.8 Å². The molecule has 1 aliphatic rings. The lowest BCUT2D eigenvalue weighted by Crippen LogP contribution is -2.51. The van der Waals surface area contributed by atoms with Crippen molar-refractivity contribution in [1.29, 1.82) is 0 Å². The highest BCUT2D eigenvalue weighted by Gasteiger charge is 2.21. The second-order valence-corrected chi connectivity index (χ2v) is 7.21. The summed E-state index contributed by atoms with van der Waals surface area (Å²) in [5.74, 6) is -1.06. The fraction of sp³-hybridized carbons (Fsp3) is 0.368. The van der Waals surface area contributed by atoms with Crippen molar-refractivity contribution in [2.75, 3.05) is 6.54 Å². The second kappa shape index (κ2) is 11.4. The fourth-order valence-electron chi connectivity index (χ4n) is 2.81. The molecule has 2 rings (SSSR count). The van der Waals surface area contributed by atoms with E-state index in [9.17, 15) is 14.4 Å². The van der Waals surface area contributed by atoms with Gasteiger partial charge in [0.15, 0.2) is 5.11 Å². The molecule has 1 aromatic rings. The first kappa shape index (κ1) is 21.8. The van der Waals surface area contributed by atoms with E-state index >= 15 is 0 Å². The number of thiocarbonyl (C=S) groups is 1. The van der Waals surface area contributed by atoms with Gasteiger partial charge in [-0.25, -0.2) is 0 Å². The fourth-order valence-corrected chi connectivity index (χ4v) is 3.16. The van der Waals surface area contributed by atoms with Crippen LogP contribution in [0.3, 0.4) is 0 Å². The van der Waals surface area contributed by atoms with Gasteiger partial charge in [-0.1, -0.05) is 49.1 Å². The molecule has 1 aromatic carbocycles. The monoisotopic (exact) mass is 422 g/mol. The first-order valence-electron chi connectivity index (χ1n) is 9.06. The smallest absolute Gasteiger partial charge is 0.257 e. The van der Waals surface area contributed by atoms with Gasteiger partial charge < -0.3 is 5.32 Å². The molecule has 150 valence electrons. The number of rotatable bonds is 5. The Morgan fingerprint density at radius 3 is 2.54 bits per heavy atom. The number of hydrogen-bond acceptors (Lipinski definition) is 4. The molecular weight excluding hydrogens is 400 g/mol. The van der Waals surface area contributed by atoms with Crippen molar-refractivity contribution in [2.24, 2.45) is 5.92 Å². The second-order valence-electron chi connectivity index (χ2n) is 6.40. The predicted octanol–water partition coefficient (Wildman–Crippen LogP) is 2.07. The van der Waals surface area contributed by atoms with Crippen molar-refractivity contribution in [3.63, 3.8) is 0 Å². The maximum atomic E-state index is 12.0. The van der Waals surface area contributed by atoms with Crippen LogP contribution in [0.5, 0.6) is 0 Å². The summed E-state index contributed by atoms with van der Waals surface area (Å²) in [5, 5.41) is 5.46. The molecule has 7 nitrogen and oxygen atoms in total. The third-order valence-corrected chi connectivity index (χ3v) is 4.82. The van der Waals surface area contributed by atoms with Gasteiger partial charge in [0.05, 0.1) is 6.54 Å². The van der Waals surface area contributed by atoms with Gasteiger partial charge >= 0.3 is 0 Å². The van der Waals surface area contributed by atoms with Gasteiger partial charge in [-0.05, 0) is 42.8 Å². The summed E-state index contributed by atoms with van der Waals surface area (Å²) in [6, 6.07) is 7.08. The Bertz CT molecular complexity index is 763. The Morgan fingerprint density at radius 1 is 1.11 bits per heavy atom. The van der Waals surface area contributed by atoms with E-state index in [2.05, 4.69) is 21.5 Å². The molecule has 1 saturated carbocycles. The van der Waals surface area contributed by atoms with Gasteiger partial charge in [0, 0.05) is 17.0 Å². The first-order chi connectivity index (χ1) is 13.5. The molecule has 1 aliphatic carbocycles. The zero-order valence-corrected chi connectivity index (χ0v) is 16.9. The van der Waals surface area contributed by atoms with E-state index in [4.69, 9.17) is 23.8 Å². The van der Waals surface area contributed by atoms with Crippen LogP contribution in [0.2, 0.25) is 5.02 Å². The molecule has 4 N–H and O–H groups in total. The minimum Gasteiger partial charge on any atom is -0.347 e. The van der Waals surface area contributed by atoms with Crippen LogP contribution in [0, 0.1) is 5.92 Å². The van der Waals surface area contributed by atoms with E-state index in [1.165, 1.54) is 6.08 Å². The number of benzene rings is 1. The summed E-state index contributed by atoms with van der Waals surface area (Å²) in [6.07, 6.45) is 7.81. The highest BCUT2D eigenvalue weighted by molar-refractivity contribution is 7.80. The summed E-state index contributed by atoms with van der Waals surface area (Å²) in [7, 11) is 0. The molecule has 1 fully saturated rings. The zero-order valence-electron chi connectivity index (χ0n) is 15.3. The Balaban J connectivity index is 1.65. The van der Waals surface area contributed by atoms with Gasteiger partial charge in [0.25, 0.3) is 5.91 Å². The van der Waals surface area contributed by atoms with Crippen LogP contribution in [0.4, 0.5) is 0 Å². The molecule has 28 heavy (non-hydrogen) atoms. The van der Waals surface area contributed by atoms with Crippen molar-refractivity contribution in [1.82, 2.24) is 21.5 Å². The number of amides is 3. The normalized spacial score (nSPS) is 14.3. The molecule has 0 atom stereocenters. The molecule has 9 heteroatoms. The van der Waals surface area contributed by atoms with Crippen LogP contribution in [-0.2, 0) is 14.4 Å². The van der Waals surface area contributed by atoms with Crippen molar-refractivity contribution in [3.05, 3.63) is 40.9 Å². The molecule has 0 aromatic heterocycles. The lowest BCUT2D eigenvalue weighted by molar-refractivity contribution is -0.129. The highest BCUT2D eigenvalue weighted by Crippen LogP contribution is 2.23. The molecule has 0 heterocycles. The molecule has 0 unspecified atom stereocenters. The molecule has 0 saturated heterocycles. The Labute approximate surface area is 174 Å². The maximum absolute atomic E-state index is 12.0. The van der Waals surface area contributed by atoms with Gasteiger partial charge in [-0.3, -0.25) is 30.6 Å². The van der Waals surface area contributed by atoms with E-state index in [1.54, 1.807) is 30.3 Å². The molecule has 0 spiro atoms. The first-order valence-corrected chi connectivity index (χ1v) is 9.84. The quantitative estimate of drug-likeness (QED) is 0.331. The summed E-state index contributed by atoms with van der Waals surface area (Å²) in [5.41, 5.74) is 5.43. The van der Waals surface area contributed by atoms with Crippen molar-refractivity contribution < 1.29 is 14.4 Å². The Hall–Kier alpha value is -2.45. The Morgan fingerprint density at radius 2 is 1.82 bits per heavy atom. The van der Waals surface area contributed by atoms with Crippen molar-refractivity contribution >= 4 is 52.7 Å². The molecule has 0 bridgehead atoms. The van der Waals surface area contributed by atoms with E-state index in [0.717, 1.165) is 32.1 Å². The summed E-state index contributed by atoms with van der Waals surface area (Å²) in [4.78, 5) is 35.6. The maximum Gasteiger partial charge on any atom is 0.257 e. The predicted molar refractivity (Wildman–Crippen MR) is 112 cm³/mol. The van der Waals surface area contributed by atoms with E-state index < -0.39 is 11.8 Å². The third-order valence-electron chi connectivity index (χ3n) is 4.27. The van der Waals surface area contributed by atoms with Crippen LogP contribution in [0.25, 0.3) is 6.08 Å². The average molecular weight is 423 g/mol. The lowest BCUT2D eigenvalue weighted by atomic mass is 9.89. The third kappa shape index (κ3) is 7.66. The van der Waals surface area contributed by atoms with Crippen LogP contribution in [0.15, 0.2) is 30.3 Å². The van der Waals surface area contributed by atoms with Gasteiger partial charge in [0.2, 0.25) is 11.8 Å². The number of carbonyl (C=O) groups is 3. The number of hydrazine groups is 1. The van der Waals surface area contributed by atoms with Crippen LogP contribution < -0.4 is 21.5 Å². The summed E-state index contributed by atoms with van der Waals surface area (Å²) < 4.78 is 0. The largest absolute Gasteiger partial charge is 0.347 e. The molecular formula is C19H23ClN4O3S. The standard InChI is InChI=1S/C19H23ClN4O3S/c20-15-9-5-4-6-13(15)10-11-16(25)22-19(28)24-23-17(26)12-21-18(27)14-7-2-1-3-8-14/h4-6,9-11,14H,1-3,7-8,12H2,(H,21,27)(H,23,26)(H2,22,24,25,28). The van der Waals surface area contributed by atoms with Crippen molar-refractivity contribution in [2.45, 2.75) is 32.1 Å². The number of hydrogen-bond donors (Lipinski definition) is 4. The Kier molecular flexibility index (Phi) is 8.90. The van der Waals surface area contributed by atoms with Crippen molar-refractivity contribution in [3.8, 4) is 0 Å². The van der Waals surface area contributed by atoms with Gasteiger partial charge in [0.1, 0.15) is 0 Å². The molecule has 0 radical (unpaired) electrons. The van der Waals surface area contributed by atoms with E-state index in [1.807, 2.05) is 0 Å². The number of nitrogens with one attached hydrogen (secondary N) is 4. The van der Waals surface area contributed by atoms with Gasteiger partial charge in [-0.15, -0.1) is 0 Å². The number of halogens is 1. The average Bonchev–Trinajstić information content (AvgIpc) is 2.70. The molecule has 3 amide bonds.